The molecule has 1 saturated heterocycles. The van der Waals surface area contributed by atoms with Gasteiger partial charge in [0.15, 0.2) is 4.32 Å². The lowest BCUT2D eigenvalue weighted by molar-refractivity contribution is -0.122. The molecule has 134 valence electrons. The number of benzene rings is 2. The van der Waals surface area contributed by atoms with Crippen LogP contribution in [0.5, 0.6) is 0 Å². The number of imide groups is 1. The Kier molecular flexibility index (Phi) is 4.20. The predicted molar refractivity (Wildman–Crippen MR) is 110 cm³/mol. The topological polar surface area (TPSA) is 57.7 Å². The number of carbonyl (C=O) groups is 3. The van der Waals surface area contributed by atoms with E-state index in [4.69, 9.17) is 12.2 Å². The van der Waals surface area contributed by atoms with Crippen molar-refractivity contribution in [3.05, 3.63) is 64.6 Å². The highest BCUT2D eigenvalue weighted by Crippen LogP contribution is 2.45. The van der Waals surface area contributed by atoms with E-state index in [1.54, 1.807) is 30.3 Å². The van der Waals surface area contributed by atoms with Crippen molar-refractivity contribution in [3.8, 4) is 0 Å². The van der Waals surface area contributed by atoms with Crippen LogP contribution in [-0.4, -0.2) is 22.0 Å². The van der Waals surface area contributed by atoms with E-state index in [0.29, 0.717) is 21.3 Å². The Bertz CT molecular complexity index is 1070. The van der Waals surface area contributed by atoms with Crippen LogP contribution in [0, 0.1) is 6.92 Å². The number of nitrogens with zero attached hydrogens (tertiary/aromatic N) is 2. The van der Waals surface area contributed by atoms with E-state index in [1.165, 1.54) is 11.8 Å². The van der Waals surface area contributed by atoms with Crippen molar-refractivity contribution in [2.75, 3.05) is 9.80 Å². The summed E-state index contributed by atoms with van der Waals surface area (Å²) in [7, 11) is 0. The van der Waals surface area contributed by atoms with Crippen molar-refractivity contribution in [1.29, 1.82) is 0 Å². The molecule has 0 N–H and O–H groups in total. The fraction of sp³-hybridized carbons (Fsp3) is 0.100. The minimum Gasteiger partial charge on any atom is -0.274 e. The van der Waals surface area contributed by atoms with Gasteiger partial charge in [0.2, 0.25) is 5.91 Å². The first kappa shape index (κ1) is 17.6. The molecule has 0 radical (unpaired) electrons. The highest BCUT2D eigenvalue weighted by Gasteiger charge is 2.43. The Morgan fingerprint density at radius 1 is 1.04 bits per heavy atom. The molecule has 5 nitrogen and oxygen atoms in total. The molecule has 2 heterocycles. The molecule has 2 aromatic rings. The smallest absolute Gasteiger partial charge is 0.271 e. The minimum absolute atomic E-state index is 0.230. The van der Waals surface area contributed by atoms with Gasteiger partial charge >= 0.3 is 0 Å². The van der Waals surface area contributed by atoms with Crippen molar-refractivity contribution < 1.29 is 14.4 Å². The lowest BCUT2D eigenvalue weighted by Crippen LogP contribution is -2.32. The van der Waals surface area contributed by atoms with E-state index in [1.807, 2.05) is 25.1 Å². The highest BCUT2D eigenvalue weighted by molar-refractivity contribution is 8.27. The lowest BCUT2D eigenvalue weighted by atomic mass is 10.1. The number of amides is 3. The SMILES string of the molecule is CC(=O)N1C(=O)/C(=C2\SC(=S)N(c3cccc(C)c3)C2=O)c2ccccc21. The van der Waals surface area contributed by atoms with Gasteiger partial charge in [-0.3, -0.25) is 19.3 Å². The first-order valence-electron chi connectivity index (χ1n) is 8.22. The van der Waals surface area contributed by atoms with Crippen LogP contribution in [0.4, 0.5) is 11.4 Å². The van der Waals surface area contributed by atoms with Crippen LogP contribution in [-0.2, 0) is 14.4 Å². The fourth-order valence-corrected chi connectivity index (χ4v) is 4.63. The number of carbonyl (C=O) groups excluding carboxylic acids is 3. The van der Waals surface area contributed by atoms with Crippen molar-refractivity contribution in [2.45, 2.75) is 13.8 Å². The molecule has 3 amide bonds. The number of rotatable bonds is 1. The molecule has 2 aliphatic heterocycles. The Morgan fingerprint density at radius 2 is 1.78 bits per heavy atom. The maximum absolute atomic E-state index is 13.2. The summed E-state index contributed by atoms with van der Waals surface area (Å²) in [5, 5.41) is 0. The number of anilines is 2. The van der Waals surface area contributed by atoms with Crippen molar-refractivity contribution in [3.63, 3.8) is 0 Å². The quantitative estimate of drug-likeness (QED) is 0.546. The van der Waals surface area contributed by atoms with Gasteiger partial charge in [-0.1, -0.05) is 54.3 Å². The minimum atomic E-state index is -0.492. The summed E-state index contributed by atoms with van der Waals surface area (Å²) >= 11 is 6.51. The van der Waals surface area contributed by atoms with Crippen molar-refractivity contribution >= 4 is 63.0 Å². The van der Waals surface area contributed by atoms with Crippen LogP contribution in [0.15, 0.2) is 53.4 Å². The molecule has 7 heteroatoms. The van der Waals surface area contributed by atoms with E-state index < -0.39 is 11.8 Å². The van der Waals surface area contributed by atoms with Gasteiger partial charge in [-0.2, -0.15) is 0 Å². The number of para-hydroxylation sites is 1. The molecule has 0 saturated carbocycles. The van der Waals surface area contributed by atoms with Crippen LogP contribution in [0.25, 0.3) is 5.57 Å². The molecular weight excluding hydrogens is 380 g/mol. The Morgan fingerprint density at radius 3 is 2.48 bits per heavy atom. The van der Waals surface area contributed by atoms with Crippen molar-refractivity contribution in [2.24, 2.45) is 0 Å². The number of aryl methyl sites for hydroxylation is 1. The number of thioether (sulfide) groups is 1. The summed E-state index contributed by atoms with van der Waals surface area (Å²) < 4.78 is 0.361. The summed E-state index contributed by atoms with van der Waals surface area (Å²) in [4.78, 5) is 40.9. The first-order chi connectivity index (χ1) is 12.9. The second-order valence-corrected chi connectivity index (χ2v) is 7.87. The van der Waals surface area contributed by atoms with Crippen LogP contribution in [0.2, 0.25) is 0 Å². The van der Waals surface area contributed by atoms with Gasteiger partial charge in [0.05, 0.1) is 21.9 Å². The Hall–Kier alpha value is -2.77. The molecule has 0 aliphatic carbocycles. The standard InChI is InChI=1S/C20H14N2O3S2/c1-11-6-5-7-13(10-11)22-19(25)17(27-20(22)26)16-14-8-3-4-9-15(14)21(12(2)23)18(16)24/h3-10H,1-2H3/b17-16-. The monoisotopic (exact) mass is 394 g/mol. The van der Waals surface area contributed by atoms with Crippen LogP contribution in [0.1, 0.15) is 18.1 Å². The third kappa shape index (κ3) is 2.70. The summed E-state index contributed by atoms with van der Waals surface area (Å²) in [6.45, 7) is 3.26. The molecule has 0 atom stereocenters. The molecule has 2 aromatic carbocycles. The molecule has 0 spiro atoms. The van der Waals surface area contributed by atoms with E-state index in [9.17, 15) is 14.4 Å². The summed E-state index contributed by atoms with van der Waals surface area (Å²) in [5.41, 5.74) is 2.95. The number of thiocarbonyl (C=S) groups is 1. The molecule has 0 aromatic heterocycles. The Labute approximate surface area is 165 Å². The van der Waals surface area contributed by atoms with Gasteiger partial charge in [0, 0.05) is 12.5 Å². The van der Waals surface area contributed by atoms with Gasteiger partial charge in [-0.25, -0.2) is 4.90 Å². The average molecular weight is 394 g/mol. The number of hydrogen-bond donors (Lipinski definition) is 0. The summed E-state index contributed by atoms with van der Waals surface area (Å²) in [5.74, 6) is -1.23. The van der Waals surface area contributed by atoms with E-state index in [2.05, 4.69) is 0 Å². The molecule has 2 aliphatic rings. The summed E-state index contributed by atoms with van der Waals surface area (Å²) in [6, 6.07) is 14.4. The third-order valence-electron chi connectivity index (χ3n) is 4.40. The maximum atomic E-state index is 13.2. The van der Waals surface area contributed by atoms with Gasteiger partial charge in [0.25, 0.3) is 11.8 Å². The Balaban J connectivity index is 1.87. The second kappa shape index (κ2) is 6.44. The van der Waals surface area contributed by atoms with E-state index in [0.717, 1.165) is 22.2 Å². The number of hydrogen-bond acceptors (Lipinski definition) is 5. The van der Waals surface area contributed by atoms with Gasteiger partial charge < -0.3 is 0 Å². The largest absolute Gasteiger partial charge is 0.274 e. The van der Waals surface area contributed by atoms with E-state index >= 15 is 0 Å². The first-order valence-corrected chi connectivity index (χ1v) is 9.44. The molecule has 0 bridgehead atoms. The third-order valence-corrected chi connectivity index (χ3v) is 5.77. The van der Waals surface area contributed by atoms with E-state index in [-0.39, 0.29) is 16.4 Å². The molecule has 0 unspecified atom stereocenters. The summed E-state index contributed by atoms with van der Waals surface area (Å²) in [6.07, 6.45) is 0. The molecule has 27 heavy (non-hydrogen) atoms. The zero-order valence-electron chi connectivity index (χ0n) is 14.6. The molecular formula is C20H14N2O3S2. The normalized spacial score (nSPS) is 19.1. The van der Waals surface area contributed by atoms with Crippen molar-refractivity contribution in [1.82, 2.24) is 0 Å². The zero-order chi connectivity index (χ0) is 19.3. The predicted octanol–water partition coefficient (Wildman–Crippen LogP) is 3.66. The average Bonchev–Trinajstić information content (AvgIpc) is 3.07. The lowest BCUT2D eigenvalue weighted by Gasteiger charge is -2.15. The van der Waals surface area contributed by atoms with Gasteiger partial charge in [-0.15, -0.1) is 0 Å². The van der Waals surface area contributed by atoms with Crippen LogP contribution >= 0.6 is 24.0 Å². The fourth-order valence-electron chi connectivity index (χ4n) is 3.26. The van der Waals surface area contributed by atoms with Gasteiger partial charge in [-0.05, 0) is 30.7 Å². The number of fused-ring (bicyclic) bond motifs is 1. The van der Waals surface area contributed by atoms with Crippen LogP contribution in [0.3, 0.4) is 0 Å². The van der Waals surface area contributed by atoms with Gasteiger partial charge in [0.1, 0.15) is 0 Å². The highest BCUT2D eigenvalue weighted by atomic mass is 32.2. The maximum Gasteiger partial charge on any atom is 0.271 e. The second-order valence-electron chi connectivity index (χ2n) is 6.23. The molecule has 4 rings (SSSR count). The van der Waals surface area contributed by atoms with Crippen LogP contribution < -0.4 is 9.80 Å². The zero-order valence-corrected chi connectivity index (χ0v) is 16.2. The molecule has 1 fully saturated rings.